The van der Waals surface area contributed by atoms with Crippen LogP contribution in [0.2, 0.25) is 0 Å². The molecule has 0 radical (unpaired) electrons. The molecular formula is C16H12F3N3O2S2. The van der Waals surface area contributed by atoms with E-state index in [0.717, 1.165) is 4.88 Å². The molecule has 1 N–H and O–H groups in total. The van der Waals surface area contributed by atoms with E-state index in [-0.39, 0.29) is 18.1 Å². The van der Waals surface area contributed by atoms with Crippen molar-refractivity contribution in [1.29, 1.82) is 0 Å². The number of anilines is 1. The second-order valence-corrected chi connectivity index (χ2v) is 7.31. The van der Waals surface area contributed by atoms with Crippen molar-refractivity contribution in [2.24, 2.45) is 0 Å². The highest BCUT2D eigenvalue weighted by Crippen LogP contribution is 2.28. The van der Waals surface area contributed by atoms with E-state index in [4.69, 9.17) is 0 Å². The van der Waals surface area contributed by atoms with Gasteiger partial charge in [-0.15, -0.1) is 35.8 Å². The lowest BCUT2D eigenvalue weighted by atomic mass is 10.2. The van der Waals surface area contributed by atoms with Gasteiger partial charge >= 0.3 is 6.36 Å². The molecule has 2 aromatic heterocycles. The summed E-state index contributed by atoms with van der Waals surface area (Å²) >= 11 is 2.69. The van der Waals surface area contributed by atoms with Gasteiger partial charge in [0.25, 0.3) is 0 Å². The first-order chi connectivity index (χ1) is 12.3. The number of rotatable bonds is 5. The van der Waals surface area contributed by atoms with Crippen molar-refractivity contribution >= 4 is 33.7 Å². The maximum absolute atomic E-state index is 12.2. The predicted molar refractivity (Wildman–Crippen MR) is 93.4 cm³/mol. The first kappa shape index (κ1) is 18.3. The number of nitrogens with zero attached hydrogens (tertiary/aromatic N) is 2. The molecule has 1 amide bonds. The van der Waals surface area contributed by atoms with Gasteiger partial charge in [0.05, 0.1) is 12.1 Å². The lowest BCUT2D eigenvalue weighted by Gasteiger charge is -2.08. The fourth-order valence-corrected chi connectivity index (χ4v) is 3.57. The average molecular weight is 399 g/mol. The topological polar surface area (TPSA) is 64.1 Å². The minimum atomic E-state index is -4.72. The van der Waals surface area contributed by atoms with Crippen LogP contribution in [0.4, 0.5) is 18.3 Å². The molecule has 26 heavy (non-hydrogen) atoms. The van der Waals surface area contributed by atoms with E-state index in [1.165, 1.54) is 46.9 Å². The number of aromatic nitrogens is 2. The number of hydrogen-bond donors (Lipinski definition) is 1. The maximum atomic E-state index is 12.2. The fraction of sp³-hybridized carbons (Fsp3) is 0.188. The third-order valence-electron chi connectivity index (χ3n) is 3.10. The Balaban J connectivity index is 1.63. The van der Waals surface area contributed by atoms with Crippen LogP contribution in [0.3, 0.4) is 0 Å². The van der Waals surface area contributed by atoms with E-state index in [0.29, 0.717) is 21.4 Å². The summed E-state index contributed by atoms with van der Waals surface area (Å²) in [5, 5.41) is 5.58. The molecule has 10 heteroatoms. The Hall–Kier alpha value is -2.46. The van der Waals surface area contributed by atoms with Crippen molar-refractivity contribution in [3.8, 4) is 16.3 Å². The van der Waals surface area contributed by atoms with Crippen LogP contribution in [0.25, 0.3) is 10.6 Å². The van der Waals surface area contributed by atoms with Gasteiger partial charge in [0, 0.05) is 22.0 Å². The van der Waals surface area contributed by atoms with Crippen LogP contribution in [0, 0.1) is 6.92 Å². The summed E-state index contributed by atoms with van der Waals surface area (Å²) < 4.78 is 40.4. The number of carbonyl (C=O) groups is 1. The number of aryl methyl sites for hydroxylation is 1. The fourth-order valence-electron chi connectivity index (χ4n) is 2.06. The highest BCUT2D eigenvalue weighted by atomic mass is 32.1. The van der Waals surface area contributed by atoms with Crippen molar-refractivity contribution < 1.29 is 22.7 Å². The van der Waals surface area contributed by atoms with Gasteiger partial charge in [-0.25, -0.2) is 9.97 Å². The van der Waals surface area contributed by atoms with E-state index < -0.39 is 6.36 Å². The van der Waals surface area contributed by atoms with E-state index in [2.05, 4.69) is 20.0 Å². The Kier molecular flexibility index (Phi) is 5.23. The highest BCUT2D eigenvalue weighted by Gasteiger charge is 2.31. The first-order valence-electron chi connectivity index (χ1n) is 7.31. The van der Waals surface area contributed by atoms with E-state index in [1.807, 2.05) is 6.92 Å². The van der Waals surface area contributed by atoms with Gasteiger partial charge in [0.2, 0.25) is 5.91 Å². The molecule has 0 aliphatic rings. The van der Waals surface area contributed by atoms with Gasteiger partial charge in [-0.05, 0) is 31.2 Å². The van der Waals surface area contributed by atoms with E-state index >= 15 is 0 Å². The molecule has 0 aliphatic carbocycles. The molecular weight excluding hydrogens is 387 g/mol. The SMILES string of the molecule is Cc1cnc(NC(=O)Cc2csc(-c3ccc(OC(F)(F)F)cc3)n2)s1. The molecule has 0 saturated carbocycles. The first-order valence-corrected chi connectivity index (χ1v) is 9.01. The zero-order chi connectivity index (χ0) is 18.7. The van der Waals surface area contributed by atoms with Crippen LogP contribution in [0.1, 0.15) is 10.6 Å². The van der Waals surface area contributed by atoms with Crippen LogP contribution in [-0.2, 0) is 11.2 Å². The standard InChI is InChI=1S/C16H12F3N3O2S2/c1-9-7-20-15(26-9)22-13(23)6-11-8-25-14(21-11)10-2-4-12(5-3-10)24-16(17,18)19/h2-5,7-8H,6H2,1H3,(H,20,22,23). The molecule has 0 bridgehead atoms. The second-order valence-electron chi connectivity index (χ2n) is 5.22. The molecule has 0 spiro atoms. The van der Waals surface area contributed by atoms with Crippen molar-refractivity contribution in [3.05, 3.63) is 46.4 Å². The number of alkyl halides is 3. The van der Waals surface area contributed by atoms with Gasteiger partial charge in [-0.1, -0.05) is 0 Å². The summed E-state index contributed by atoms with van der Waals surface area (Å²) in [6.45, 7) is 1.89. The summed E-state index contributed by atoms with van der Waals surface area (Å²) in [6, 6.07) is 5.42. The molecule has 1 aromatic carbocycles. The predicted octanol–water partition coefficient (Wildman–Crippen LogP) is 4.65. The highest BCUT2D eigenvalue weighted by molar-refractivity contribution is 7.15. The minimum absolute atomic E-state index is 0.0877. The smallest absolute Gasteiger partial charge is 0.406 e. The molecule has 5 nitrogen and oxygen atoms in total. The molecule has 0 unspecified atom stereocenters. The third kappa shape index (κ3) is 5.02. The number of thiazole rings is 2. The van der Waals surface area contributed by atoms with Crippen molar-refractivity contribution in [2.45, 2.75) is 19.7 Å². The summed E-state index contributed by atoms with van der Waals surface area (Å²) in [7, 11) is 0. The van der Waals surface area contributed by atoms with Gasteiger partial charge in [-0.3, -0.25) is 4.79 Å². The van der Waals surface area contributed by atoms with Crippen molar-refractivity contribution in [3.63, 3.8) is 0 Å². The molecule has 0 atom stereocenters. The minimum Gasteiger partial charge on any atom is -0.406 e. The molecule has 136 valence electrons. The largest absolute Gasteiger partial charge is 0.573 e. The summed E-state index contributed by atoms with van der Waals surface area (Å²) in [6.07, 6.45) is -2.96. The van der Waals surface area contributed by atoms with Crippen LogP contribution in [0.5, 0.6) is 5.75 Å². The van der Waals surface area contributed by atoms with Crippen molar-refractivity contribution in [1.82, 2.24) is 9.97 Å². The number of amides is 1. The lowest BCUT2D eigenvalue weighted by molar-refractivity contribution is -0.274. The summed E-state index contributed by atoms with van der Waals surface area (Å²) in [4.78, 5) is 21.4. The molecule has 3 aromatic rings. The Morgan fingerprint density at radius 1 is 1.27 bits per heavy atom. The Bertz CT molecular complexity index is 904. The molecule has 0 aliphatic heterocycles. The second kappa shape index (κ2) is 7.42. The maximum Gasteiger partial charge on any atom is 0.573 e. The quantitative estimate of drug-likeness (QED) is 0.678. The number of halogens is 3. The lowest BCUT2D eigenvalue weighted by Crippen LogP contribution is -2.16. The van der Waals surface area contributed by atoms with E-state index in [1.54, 1.807) is 11.6 Å². The van der Waals surface area contributed by atoms with Gasteiger partial charge < -0.3 is 10.1 Å². The van der Waals surface area contributed by atoms with Gasteiger partial charge in [0.1, 0.15) is 10.8 Å². The van der Waals surface area contributed by atoms with Crippen molar-refractivity contribution in [2.75, 3.05) is 5.32 Å². The third-order valence-corrected chi connectivity index (χ3v) is 4.86. The summed E-state index contributed by atoms with van der Waals surface area (Å²) in [5.41, 5.74) is 1.22. The number of hydrogen-bond acceptors (Lipinski definition) is 6. The number of nitrogens with one attached hydrogen (secondary N) is 1. The van der Waals surface area contributed by atoms with Gasteiger partial charge in [-0.2, -0.15) is 0 Å². The molecule has 0 saturated heterocycles. The summed E-state index contributed by atoms with van der Waals surface area (Å²) in [5.74, 6) is -0.527. The van der Waals surface area contributed by atoms with Gasteiger partial charge in [0.15, 0.2) is 5.13 Å². The number of carbonyl (C=O) groups excluding carboxylic acids is 1. The Morgan fingerprint density at radius 3 is 2.62 bits per heavy atom. The molecule has 2 heterocycles. The Morgan fingerprint density at radius 2 is 2.00 bits per heavy atom. The normalized spacial score (nSPS) is 11.4. The molecule has 0 fully saturated rings. The molecule has 3 rings (SSSR count). The number of benzene rings is 1. The average Bonchev–Trinajstić information content (AvgIpc) is 3.16. The van der Waals surface area contributed by atoms with Crippen LogP contribution in [0.15, 0.2) is 35.8 Å². The van der Waals surface area contributed by atoms with Crippen LogP contribution >= 0.6 is 22.7 Å². The van der Waals surface area contributed by atoms with E-state index in [9.17, 15) is 18.0 Å². The van der Waals surface area contributed by atoms with Crippen LogP contribution < -0.4 is 10.1 Å². The van der Waals surface area contributed by atoms with Crippen LogP contribution in [-0.4, -0.2) is 22.2 Å². The Labute approximate surface area is 154 Å². The monoisotopic (exact) mass is 399 g/mol. The zero-order valence-corrected chi connectivity index (χ0v) is 15.0. The number of ether oxygens (including phenoxy) is 1. The zero-order valence-electron chi connectivity index (χ0n) is 13.3.